The molecule has 0 atom stereocenters. The van der Waals surface area contributed by atoms with E-state index in [1.807, 2.05) is 0 Å². The summed E-state index contributed by atoms with van der Waals surface area (Å²) in [5, 5.41) is 0. The van der Waals surface area contributed by atoms with Gasteiger partial charge < -0.3 is 0 Å². The molecule has 0 N–H and O–H groups in total. The van der Waals surface area contributed by atoms with E-state index in [9.17, 15) is 0 Å². The van der Waals surface area contributed by atoms with E-state index < -0.39 is 8.07 Å². The molecule has 0 nitrogen and oxygen atoms in total. The lowest BCUT2D eigenvalue weighted by Gasteiger charge is -2.31. The van der Waals surface area contributed by atoms with Gasteiger partial charge in [0.1, 0.15) is 6.71 Å². The first-order valence-corrected chi connectivity index (χ1v) is 9.05. The van der Waals surface area contributed by atoms with Crippen molar-refractivity contribution in [2.45, 2.75) is 63.9 Å². The van der Waals surface area contributed by atoms with Crippen LogP contribution in [0.5, 0.6) is 0 Å². The molecule has 0 aromatic heterocycles. The highest BCUT2D eigenvalue weighted by atomic mass is 28.3. The smallest absolute Gasteiger partial charge is 0.0765 e. The Labute approximate surface area is 79.2 Å². The van der Waals surface area contributed by atoms with E-state index in [0.717, 1.165) is 6.71 Å². The lowest BCUT2D eigenvalue weighted by molar-refractivity contribution is 0.864. The molecule has 0 aromatic carbocycles. The lowest BCUT2D eigenvalue weighted by atomic mass is 9.42. The molecule has 0 spiro atoms. The van der Waals surface area contributed by atoms with Gasteiger partial charge in [0.05, 0.1) is 0 Å². The van der Waals surface area contributed by atoms with Crippen molar-refractivity contribution in [2.75, 3.05) is 0 Å². The summed E-state index contributed by atoms with van der Waals surface area (Å²) >= 11 is 0. The van der Waals surface area contributed by atoms with Gasteiger partial charge in [0.2, 0.25) is 0 Å². The van der Waals surface area contributed by atoms with Crippen LogP contribution < -0.4 is 0 Å². The van der Waals surface area contributed by atoms with Gasteiger partial charge in [-0.05, 0) is 0 Å². The highest BCUT2D eigenvalue weighted by Crippen LogP contribution is 2.31. The van der Waals surface area contributed by atoms with Crippen molar-refractivity contribution < 1.29 is 0 Å². The van der Waals surface area contributed by atoms with Crippen molar-refractivity contribution in [1.29, 1.82) is 0 Å². The predicted octanol–water partition coefficient (Wildman–Crippen LogP) is 4.00. The van der Waals surface area contributed by atoms with Crippen molar-refractivity contribution in [3.63, 3.8) is 0 Å². The van der Waals surface area contributed by atoms with Crippen LogP contribution in [0.4, 0.5) is 0 Å². The van der Waals surface area contributed by atoms with Crippen LogP contribution in [-0.4, -0.2) is 14.8 Å². The molecule has 12 heavy (non-hydrogen) atoms. The molecule has 1 heterocycles. The second-order valence-corrected chi connectivity index (χ2v) is 10.6. The minimum atomic E-state index is -0.671. The number of hydrogen-bond donors (Lipinski definition) is 0. The molecule has 1 fully saturated rings. The van der Waals surface area contributed by atoms with Gasteiger partial charge in [0.15, 0.2) is 0 Å². The maximum atomic E-state index is 2.56. The van der Waals surface area contributed by atoms with E-state index in [0.29, 0.717) is 0 Å². The molecule has 2 heteroatoms. The standard InChI is InChI=1S/C10H23BSi/c1-4-5-6-11-7-9-12(2,3)10-8-11/h4-10H2,1-3H3. The van der Waals surface area contributed by atoms with Gasteiger partial charge in [0.25, 0.3) is 0 Å². The van der Waals surface area contributed by atoms with Gasteiger partial charge in [-0.2, -0.15) is 0 Å². The molecule has 0 aromatic rings. The fraction of sp³-hybridized carbons (Fsp3) is 1.00. The molecule has 1 rings (SSSR count). The quantitative estimate of drug-likeness (QED) is 0.578. The zero-order chi connectivity index (χ0) is 9.03. The number of hydrogen-bond acceptors (Lipinski definition) is 0. The van der Waals surface area contributed by atoms with Crippen LogP contribution in [0.25, 0.3) is 0 Å². The first kappa shape index (κ1) is 10.4. The molecule has 1 saturated heterocycles. The van der Waals surface area contributed by atoms with E-state index in [4.69, 9.17) is 0 Å². The van der Waals surface area contributed by atoms with Crippen LogP contribution in [0.2, 0.25) is 44.1 Å². The third-order valence-corrected chi connectivity index (χ3v) is 6.71. The van der Waals surface area contributed by atoms with Crippen molar-refractivity contribution >= 4 is 14.8 Å². The Kier molecular flexibility index (Phi) is 3.89. The average molecular weight is 182 g/mol. The molecule has 70 valence electrons. The third kappa shape index (κ3) is 3.34. The summed E-state index contributed by atoms with van der Waals surface area (Å²) in [5.74, 6) is 0. The average Bonchev–Trinajstić information content (AvgIpc) is 2.03. The molecule has 0 unspecified atom stereocenters. The van der Waals surface area contributed by atoms with Crippen LogP contribution in [0.3, 0.4) is 0 Å². The first-order valence-electron chi connectivity index (χ1n) is 5.64. The van der Waals surface area contributed by atoms with Crippen molar-refractivity contribution in [2.24, 2.45) is 0 Å². The van der Waals surface area contributed by atoms with Crippen LogP contribution >= 0.6 is 0 Å². The molecule has 1 aliphatic heterocycles. The Morgan fingerprint density at radius 1 is 1.17 bits per heavy atom. The predicted molar refractivity (Wildman–Crippen MR) is 62.2 cm³/mol. The second-order valence-electron chi connectivity index (χ2n) is 5.25. The van der Waals surface area contributed by atoms with Gasteiger partial charge in [-0.3, -0.25) is 0 Å². The summed E-state index contributed by atoms with van der Waals surface area (Å²) in [5.41, 5.74) is 0. The largest absolute Gasteiger partial charge is 0.139 e. The van der Waals surface area contributed by atoms with E-state index in [1.165, 1.54) is 19.2 Å². The van der Waals surface area contributed by atoms with Crippen LogP contribution in [-0.2, 0) is 0 Å². The van der Waals surface area contributed by atoms with Gasteiger partial charge >= 0.3 is 0 Å². The summed E-state index contributed by atoms with van der Waals surface area (Å²) in [4.78, 5) is 0. The van der Waals surface area contributed by atoms with Crippen molar-refractivity contribution in [3.8, 4) is 0 Å². The highest BCUT2D eigenvalue weighted by molar-refractivity contribution is 6.81. The monoisotopic (exact) mass is 182 g/mol. The maximum absolute atomic E-state index is 2.56. The SMILES string of the molecule is CCCCB1CC[Si](C)(C)CC1. The van der Waals surface area contributed by atoms with Crippen molar-refractivity contribution in [3.05, 3.63) is 0 Å². The fourth-order valence-corrected chi connectivity index (χ4v) is 4.87. The van der Waals surface area contributed by atoms with Gasteiger partial charge in [-0.25, -0.2) is 0 Å². The fourth-order valence-electron chi connectivity index (χ4n) is 2.24. The zero-order valence-corrected chi connectivity index (χ0v) is 10.0. The molecule has 0 amide bonds. The minimum Gasteiger partial charge on any atom is -0.0765 e. The van der Waals surface area contributed by atoms with Crippen LogP contribution in [0.1, 0.15) is 19.8 Å². The Bertz CT molecular complexity index is 124. The lowest BCUT2D eigenvalue weighted by Crippen LogP contribution is -2.33. The zero-order valence-electron chi connectivity index (χ0n) is 9.03. The maximum Gasteiger partial charge on any atom is 0.139 e. The summed E-state index contributed by atoms with van der Waals surface area (Å²) < 4.78 is 0. The highest BCUT2D eigenvalue weighted by Gasteiger charge is 2.29. The Morgan fingerprint density at radius 3 is 2.25 bits per heavy atom. The topological polar surface area (TPSA) is 0 Å². The molecule has 1 aliphatic rings. The number of rotatable bonds is 3. The minimum absolute atomic E-state index is 0.671. The Morgan fingerprint density at radius 2 is 1.75 bits per heavy atom. The Hall–Kier alpha value is 0.282. The van der Waals surface area contributed by atoms with E-state index in [-0.39, 0.29) is 0 Å². The third-order valence-electron chi connectivity index (χ3n) is 3.42. The van der Waals surface area contributed by atoms with Crippen LogP contribution in [0, 0.1) is 0 Å². The summed E-state index contributed by atoms with van der Waals surface area (Å²) in [6.07, 6.45) is 7.48. The Balaban J connectivity index is 2.18. The van der Waals surface area contributed by atoms with Crippen molar-refractivity contribution in [1.82, 2.24) is 0 Å². The van der Waals surface area contributed by atoms with Gasteiger partial charge in [0, 0.05) is 8.07 Å². The first-order chi connectivity index (χ1) is 5.64. The second kappa shape index (κ2) is 4.50. The van der Waals surface area contributed by atoms with E-state index in [2.05, 4.69) is 20.0 Å². The normalized spacial score (nSPS) is 22.8. The summed E-state index contributed by atoms with van der Waals surface area (Å²) in [7, 11) is -0.671. The summed E-state index contributed by atoms with van der Waals surface area (Å²) in [6.45, 7) is 8.53. The van der Waals surface area contributed by atoms with Gasteiger partial charge in [-0.1, -0.05) is 63.9 Å². The summed E-state index contributed by atoms with van der Waals surface area (Å²) in [6, 6.07) is 3.20. The molecule has 0 aliphatic carbocycles. The van der Waals surface area contributed by atoms with Gasteiger partial charge in [-0.15, -0.1) is 0 Å². The van der Waals surface area contributed by atoms with E-state index >= 15 is 0 Å². The molecular weight excluding hydrogens is 159 g/mol. The van der Waals surface area contributed by atoms with E-state index in [1.54, 1.807) is 24.7 Å². The molecular formula is C10H23BSi. The number of unbranched alkanes of at least 4 members (excludes halogenated alkanes) is 1. The molecule has 0 saturated carbocycles. The van der Waals surface area contributed by atoms with Crippen LogP contribution in [0.15, 0.2) is 0 Å². The molecule has 0 radical (unpaired) electrons. The molecule has 0 bridgehead atoms.